The zero-order valence-electron chi connectivity index (χ0n) is 12.3. The van der Waals surface area contributed by atoms with Gasteiger partial charge < -0.3 is 14.5 Å². The predicted octanol–water partition coefficient (Wildman–Crippen LogP) is 0.676. The second kappa shape index (κ2) is 4.31. The molecule has 3 heterocycles. The number of rotatable bonds is 2. The van der Waals surface area contributed by atoms with Crippen LogP contribution in [0.1, 0.15) is 22.8 Å². The van der Waals surface area contributed by atoms with Crippen LogP contribution in [0.3, 0.4) is 0 Å². The molecule has 0 saturated carbocycles. The summed E-state index contributed by atoms with van der Waals surface area (Å²) in [6, 6.07) is 6.54. The Hall–Kier alpha value is -2.90. The normalized spacial score (nSPS) is 25.3. The molecule has 118 valence electrons. The smallest absolute Gasteiger partial charge is 0.358 e. The molecule has 1 unspecified atom stereocenters. The highest BCUT2D eigenvalue weighted by molar-refractivity contribution is 6.10. The van der Waals surface area contributed by atoms with Crippen LogP contribution in [0.5, 0.6) is 0 Å². The van der Waals surface area contributed by atoms with Gasteiger partial charge >= 0.3 is 17.4 Å². The van der Waals surface area contributed by atoms with Crippen molar-refractivity contribution < 1.29 is 19.2 Å². The van der Waals surface area contributed by atoms with Crippen molar-refractivity contribution in [3.63, 3.8) is 0 Å². The molecule has 1 aromatic rings. The van der Waals surface area contributed by atoms with E-state index in [1.165, 1.54) is 0 Å². The van der Waals surface area contributed by atoms with Crippen LogP contribution in [-0.2, 0) is 15.3 Å². The van der Waals surface area contributed by atoms with E-state index in [-0.39, 0.29) is 11.4 Å². The molecule has 1 atom stereocenters. The minimum absolute atomic E-state index is 0.243. The van der Waals surface area contributed by atoms with Crippen molar-refractivity contribution in [1.82, 2.24) is 9.80 Å². The summed E-state index contributed by atoms with van der Waals surface area (Å²) in [6.07, 6.45) is 0. The van der Waals surface area contributed by atoms with E-state index in [0.29, 0.717) is 25.2 Å². The van der Waals surface area contributed by atoms with Gasteiger partial charge in [-0.25, -0.2) is 4.79 Å². The number of ketones is 1. The van der Waals surface area contributed by atoms with Crippen LogP contribution >= 0.6 is 0 Å². The van der Waals surface area contributed by atoms with Gasteiger partial charge in [-0.1, -0.05) is 18.2 Å². The van der Waals surface area contributed by atoms with Crippen molar-refractivity contribution in [2.75, 3.05) is 19.6 Å². The third kappa shape index (κ3) is 1.45. The molecule has 1 spiro atoms. The van der Waals surface area contributed by atoms with E-state index in [2.05, 4.69) is 0 Å². The summed E-state index contributed by atoms with van der Waals surface area (Å²) >= 11 is 0. The highest BCUT2D eigenvalue weighted by Crippen LogP contribution is 2.50. The molecule has 4 rings (SSSR count). The Balaban J connectivity index is 1.96. The summed E-state index contributed by atoms with van der Waals surface area (Å²) in [7, 11) is 0. The molecule has 0 aromatic heterocycles. The van der Waals surface area contributed by atoms with Crippen molar-refractivity contribution in [1.29, 1.82) is 0 Å². The molecule has 0 radical (unpaired) electrons. The molecule has 0 amide bonds. The molecule has 0 bridgehead atoms. The Bertz CT molecular complexity index is 802. The van der Waals surface area contributed by atoms with Gasteiger partial charge in [0.15, 0.2) is 5.82 Å². The number of hydrogen-bond acceptors (Lipinski definition) is 7. The highest BCUT2D eigenvalue weighted by Gasteiger charge is 2.68. The third-order valence-corrected chi connectivity index (χ3v) is 4.58. The summed E-state index contributed by atoms with van der Waals surface area (Å²) in [6.45, 7) is 3.31. The van der Waals surface area contributed by atoms with Gasteiger partial charge in [-0.2, -0.15) is 0 Å². The highest BCUT2D eigenvalue weighted by atomic mass is 16.6. The first kappa shape index (κ1) is 13.7. The number of benzene rings is 1. The lowest BCUT2D eigenvalue weighted by molar-refractivity contribution is -0.420. The van der Waals surface area contributed by atoms with E-state index in [4.69, 9.17) is 4.74 Å². The lowest BCUT2D eigenvalue weighted by Gasteiger charge is -2.31. The molecule has 1 aromatic carbocycles. The van der Waals surface area contributed by atoms with E-state index >= 15 is 0 Å². The fourth-order valence-corrected chi connectivity index (χ4v) is 3.61. The number of ether oxygens (including phenoxy) is 1. The number of Topliss-reactive ketones (excluding diaryl/α,β-unsaturated/α-hetero) is 1. The fourth-order valence-electron chi connectivity index (χ4n) is 3.61. The standard InChI is InChI=1S/C15H13N3O5/c1-2-16-7-8-17-13(16)11(18(21)22)12(19)15(17)10-6-4-3-5-9(10)14(20)23-15/h3-6H,2,7-8H2,1H3. The van der Waals surface area contributed by atoms with Crippen molar-refractivity contribution in [2.45, 2.75) is 12.6 Å². The molecular formula is C15H13N3O5. The van der Waals surface area contributed by atoms with Crippen LogP contribution in [0.2, 0.25) is 0 Å². The van der Waals surface area contributed by atoms with Gasteiger partial charge in [0.2, 0.25) is 0 Å². The molecule has 23 heavy (non-hydrogen) atoms. The van der Waals surface area contributed by atoms with Crippen LogP contribution in [0, 0.1) is 10.1 Å². The van der Waals surface area contributed by atoms with Crippen LogP contribution in [0.4, 0.5) is 0 Å². The molecule has 8 heteroatoms. The van der Waals surface area contributed by atoms with E-state index in [0.717, 1.165) is 0 Å². The van der Waals surface area contributed by atoms with Gasteiger partial charge in [-0.3, -0.25) is 14.9 Å². The molecule has 3 aliphatic rings. The lowest BCUT2D eigenvalue weighted by Crippen LogP contribution is -2.46. The number of likely N-dealkylation sites (N-methyl/N-ethyl adjacent to an activating group) is 1. The first-order valence-electron chi connectivity index (χ1n) is 7.31. The third-order valence-electron chi connectivity index (χ3n) is 4.58. The Morgan fingerprint density at radius 3 is 2.74 bits per heavy atom. The SMILES string of the molecule is CCN1CCN2C1=C([N+](=O)[O-])C(=O)C21OC(=O)c2ccccc21. The second-order valence-electron chi connectivity index (χ2n) is 5.57. The topological polar surface area (TPSA) is 93.0 Å². The number of nitro groups is 1. The summed E-state index contributed by atoms with van der Waals surface area (Å²) < 4.78 is 5.44. The fraction of sp³-hybridized carbons (Fsp3) is 0.333. The Morgan fingerprint density at radius 1 is 1.30 bits per heavy atom. The van der Waals surface area contributed by atoms with Crippen LogP contribution < -0.4 is 0 Å². The Morgan fingerprint density at radius 2 is 2.04 bits per heavy atom. The van der Waals surface area contributed by atoms with Gasteiger partial charge in [-0.15, -0.1) is 0 Å². The number of esters is 1. The van der Waals surface area contributed by atoms with Crippen molar-refractivity contribution >= 4 is 11.8 Å². The van der Waals surface area contributed by atoms with Gasteiger partial charge in [0.1, 0.15) is 0 Å². The van der Waals surface area contributed by atoms with Gasteiger partial charge in [0.25, 0.3) is 5.72 Å². The number of hydrogen-bond donors (Lipinski definition) is 0. The molecular weight excluding hydrogens is 302 g/mol. The first-order valence-corrected chi connectivity index (χ1v) is 7.31. The first-order chi connectivity index (χ1) is 11.0. The number of fused-ring (bicyclic) bond motifs is 4. The summed E-state index contributed by atoms with van der Waals surface area (Å²) in [5.74, 6) is -1.17. The Kier molecular flexibility index (Phi) is 2.58. The average molecular weight is 315 g/mol. The van der Waals surface area contributed by atoms with Crippen LogP contribution in [0.15, 0.2) is 35.8 Å². The van der Waals surface area contributed by atoms with Crippen molar-refractivity contribution in [3.05, 3.63) is 57.0 Å². The molecule has 0 N–H and O–H groups in total. The second-order valence-corrected chi connectivity index (χ2v) is 5.57. The quantitative estimate of drug-likeness (QED) is 0.450. The predicted molar refractivity (Wildman–Crippen MR) is 76.5 cm³/mol. The van der Waals surface area contributed by atoms with Crippen LogP contribution in [0.25, 0.3) is 0 Å². The lowest BCUT2D eigenvalue weighted by atomic mass is 9.96. The minimum Gasteiger partial charge on any atom is -0.422 e. The molecule has 3 aliphatic heterocycles. The molecule has 1 fully saturated rings. The van der Waals surface area contributed by atoms with Crippen LogP contribution in [-0.4, -0.2) is 46.1 Å². The maximum Gasteiger partial charge on any atom is 0.358 e. The van der Waals surface area contributed by atoms with E-state index < -0.39 is 28.1 Å². The van der Waals surface area contributed by atoms with E-state index in [9.17, 15) is 19.7 Å². The zero-order valence-corrected chi connectivity index (χ0v) is 12.3. The number of carbonyl (C=O) groups is 2. The number of carbonyl (C=O) groups excluding carboxylic acids is 2. The van der Waals surface area contributed by atoms with E-state index in [1.54, 1.807) is 34.1 Å². The van der Waals surface area contributed by atoms with Gasteiger partial charge in [-0.05, 0) is 13.0 Å². The summed E-state index contributed by atoms with van der Waals surface area (Å²) in [5.41, 5.74) is -1.58. The van der Waals surface area contributed by atoms with Gasteiger partial charge in [0.05, 0.1) is 10.5 Å². The maximum atomic E-state index is 12.9. The summed E-state index contributed by atoms with van der Waals surface area (Å²) in [5, 5.41) is 11.5. The largest absolute Gasteiger partial charge is 0.422 e. The van der Waals surface area contributed by atoms with Crippen molar-refractivity contribution in [2.24, 2.45) is 0 Å². The molecule has 0 aliphatic carbocycles. The molecule has 8 nitrogen and oxygen atoms in total. The number of nitrogens with zero attached hydrogens (tertiary/aromatic N) is 3. The molecule has 1 saturated heterocycles. The maximum absolute atomic E-state index is 12.9. The van der Waals surface area contributed by atoms with E-state index in [1.807, 2.05) is 6.92 Å². The monoisotopic (exact) mass is 315 g/mol. The Labute approximate surface area is 131 Å². The zero-order chi connectivity index (χ0) is 16.4. The minimum atomic E-state index is -1.73. The van der Waals surface area contributed by atoms with Gasteiger partial charge in [0, 0.05) is 25.2 Å². The summed E-state index contributed by atoms with van der Waals surface area (Å²) in [4.78, 5) is 39.2. The average Bonchev–Trinajstić information content (AvgIpc) is 3.14. The van der Waals surface area contributed by atoms with Crippen molar-refractivity contribution in [3.8, 4) is 0 Å².